The first kappa shape index (κ1) is 11.8. The van der Waals surface area contributed by atoms with E-state index in [1.165, 1.54) is 0 Å². The van der Waals surface area contributed by atoms with Crippen LogP contribution in [-0.2, 0) is 0 Å². The van der Waals surface area contributed by atoms with Crippen LogP contribution in [0.1, 0.15) is 34.1 Å². The van der Waals surface area contributed by atoms with Crippen LogP contribution in [0.2, 0.25) is 0 Å². The molecular formula is C10H18F3N. The lowest BCUT2D eigenvalue weighted by atomic mass is 10.0. The zero-order valence-electron chi connectivity index (χ0n) is 9.07. The van der Waals surface area contributed by atoms with Crippen molar-refractivity contribution in [1.29, 1.82) is 0 Å². The summed E-state index contributed by atoms with van der Waals surface area (Å²) < 4.78 is 36.6. The van der Waals surface area contributed by atoms with Gasteiger partial charge in [0.1, 0.15) is 6.04 Å². The second-order valence-corrected chi connectivity index (χ2v) is 5.38. The van der Waals surface area contributed by atoms with Crippen molar-refractivity contribution in [2.45, 2.75) is 46.3 Å². The van der Waals surface area contributed by atoms with E-state index in [1.54, 1.807) is 0 Å². The third-order valence-electron chi connectivity index (χ3n) is 4.23. The van der Waals surface area contributed by atoms with Gasteiger partial charge in [-0.2, -0.15) is 13.2 Å². The van der Waals surface area contributed by atoms with Crippen LogP contribution in [0.25, 0.3) is 0 Å². The standard InChI is InChI=1S/C10H18F3N/c1-8(2)6(9(8,3)4)5-7(14)10(11,12)13/h6-7H,5,14H2,1-4H3. The van der Waals surface area contributed by atoms with E-state index >= 15 is 0 Å². The molecule has 1 fully saturated rings. The fourth-order valence-electron chi connectivity index (χ4n) is 2.31. The molecule has 1 aliphatic carbocycles. The van der Waals surface area contributed by atoms with Gasteiger partial charge in [0.2, 0.25) is 0 Å². The van der Waals surface area contributed by atoms with Gasteiger partial charge in [0, 0.05) is 0 Å². The van der Waals surface area contributed by atoms with Crippen LogP contribution in [0, 0.1) is 16.7 Å². The summed E-state index contributed by atoms with van der Waals surface area (Å²) in [5.74, 6) is 0.0756. The summed E-state index contributed by atoms with van der Waals surface area (Å²) in [7, 11) is 0. The highest BCUT2D eigenvalue weighted by molar-refractivity contribution is 5.13. The molecule has 84 valence electrons. The van der Waals surface area contributed by atoms with Crippen molar-refractivity contribution in [2.24, 2.45) is 22.5 Å². The first-order valence-electron chi connectivity index (χ1n) is 4.83. The Morgan fingerprint density at radius 2 is 1.50 bits per heavy atom. The minimum Gasteiger partial charge on any atom is -0.320 e. The second-order valence-electron chi connectivity index (χ2n) is 5.38. The van der Waals surface area contributed by atoms with Crippen LogP contribution in [0.15, 0.2) is 0 Å². The van der Waals surface area contributed by atoms with Gasteiger partial charge >= 0.3 is 6.18 Å². The maximum Gasteiger partial charge on any atom is 0.403 e. The van der Waals surface area contributed by atoms with E-state index in [4.69, 9.17) is 5.73 Å². The van der Waals surface area contributed by atoms with Gasteiger partial charge in [-0.15, -0.1) is 0 Å². The molecule has 0 aliphatic heterocycles. The maximum atomic E-state index is 12.2. The normalized spacial score (nSPS) is 27.4. The molecule has 0 spiro atoms. The zero-order chi connectivity index (χ0) is 11.4. The Morgan fingerprint density at radius 3 is 1.71 bits per heavy atom. The van der Waals surface area contributed by atoms with Gasteiger partial charge in [-0.25, -0.2) is 0 Å². The number of hydrogen-bond acceptors (Lipinski definition) is 1. The molecule has 1 aliphatic rings. The molecule has 0 aromatic carbocycles. The van der Waals surface area contributed by atoms with Crippen molar-refractivity contribution < 1.29 is 13.2 Å². The first-order chi connectivity index (χ1) is 6.01. The van der Waals surface area contributed by atoms with Gasteiger partial charge < -0.3 is 5.73 Å². The monoisotopic (exact) mass is 209 g/mol. The molecule has 1 unspecified atom stereocenters. The van der Waals surface area contributed by atoms with E-state index in [-0.39, 0.29) is 23.2 Å². The summed E-state index contributed by atoms with van der Waals surface area (Å²) in [5, 5.41) is 0. The minimum absolute atomic E-state index is 0.0180. The highest BCUT2D eigenvalue weighted by Crippen LogP contribution is 2.70. The largest absolute Gasteiger partial charge is 0.403 e. The molecule has 0 radical (unpaired) electrons. The highest BCUT2D eigenvalue weighted by atomic mass is 19.4. The minimum atomic E-state index is -4.26. The third kappa shape index (κ3) is 1.64. The van der Waals surface area contributed by atoms with Crippen LogP contribution < -0.4 is 5.73 Å². The van der Waals surface area contributed by atoms with E-state index in [9.17, 15) is 13.2 Å². The Hall–Kier alpha value is -0.250. The molecule has 0 bridgehead atoms. The number of alkyl halides is 3. The van der Waals surface area contributed by atoms with Gasteiger partial charge in [0.25, 0.3) is 0 Å². The molecule has 1 saturated carbocycles. The lowest BCUT2D eigenvalue weighted by molar-refractivity contribution is -0.150. The summed E-state index contributed by atoms with van der Waals surface area (Å²) in [6, 6.07) is -1.67. The summed E-state index contributed by atoms with van der Waals surface area (Å²) >= 11 is 0. The third-order valence-corrected chi connectivity index (χ3v) is 4.23. The number of rotatable bonds is 2. The molecule has 1 atom stereocenters. The van der Waals surface area contributed by atoms with Crippen LogP contribution in [0.5, 0.6) is 0 Å². The van der Waals surface area contributed by atoms with Gasteiger partial charge in [-0.1, -0.05) is 27.7 Å². The molecule has 0 saturated heterocycles. The van der Waals surface area contributed by atoms with Crippen molar-refractivity contribution in [2.75, 3.05) is 0 Å². The van der Waals surface area contributed by atoms with Crippen LogP contribution >= 0.6 is 0 Å². The van der Waals surface area contributed by atoms with Crippen LogP contribution in [0.3, 0.4) is 0 Å². The van der Waals surface area contributed by atoms with Crippen molar-refractivity contribution in [3.05, 3.63) is 0 Å². The highest BCUT2D eigenvalue weighted by Gasteiger charge is 2.65. The summed E-state index contributed by atoms with van der Waals surface area (Å²) in [5.41, 5.74) is 5.07. The predicted octanol–water partition coefficient (Wildman–Crippen LogP) is 2.95. The zero-order valence-corrected chi connectivity index (χ0v) is 9.07. The molecular weight excluding hydrogens is 191 g/mol. The SMILES string of the molecule is CC1(C)C(CC(N)C(F)(F)F)C1(C)C. The molecule has 0 aromatic heterocycles. The summed E-state index contributed by atoms with van der Waals surface area (Å²) in [4.78, 5) is 0. The average Bonchev–Trinajstić information content (AvgIpc) is 2.30. The topological polar surface area (TPSA) is 26.0 Å². The molecule has 4 heteroatoms. The quantitative estimate of drug-likeness (QED) is 0.743. The Bertz CT molecular complexity index is 216. The molecule has 1 nitrogen and oxygen atoms in total. The van der Waals surface area contributed by atoms with E-state index in [1.807, 2.05) is 27.7 Å². The number of hydrogen-bond donors (Lipinski definition) is 1. The van der Waals surface area contributed by atoms with Crippen molar-refractivity contribution in [1.82, 2.24) is 0 Å². The fourth-order valence-corrected chi connectivity index (χ4v) is 2.31. The van der Waals surface area contributed by atoms with Crippen LogP contribution in [0.4, 0.5) is 13.2 Å². The van der Waals surface area contributed by atoms with Crippen molar-refractivity contribution >= 4 is 0 Å². The summed E-state index contributed by atoms with van der Waals surface area (Å²) in [6.45, 7) is 8.00. The average molecular weight is 209 g/mol. The van der Waals surface area contributed by atoms with Crippen LogP contribution in [-0.4, -0.2) is 12.2 Å². The maximum absolute atomic E-state index is 12.2. The Kier molecular flexibility index (Phi) is 2.43. The van der Waals surface area contributed by atoms with E-state index in [0.29, 0.717) is 0 Å². The number of nitrogens with two attached hydrogens (primary N) is 1. The second kappa shape index (κ2) is 2.87. The lowest BCUT2D eigenvalue weighted by Gasteiger charge is -2.16. The van der Waals surface area contributed by atoms with Gasteiger partial charge in [0.15, 0.2) is 0 Å². The fraction of sp³-hybridized carbons (Fsp3) is 1.00. The summed E-state index contributed by atoms with van der Waals surface area (Å²) in [6.07, 6.45) is -4.21. The molecule has 0 heterocycles. The lowest BCUT2D eigenvalue weighted by Crippen LogP contribution is -2.38. The van der Waals surface area contributed by atoms with Gasteiger partial charge in [0.05, 0.1) is 0 Å². The van der Waals surface area contributed by atoms with E-state index < -0.39 is 12.2 Å². The number of halogens is 3. The Balaban J connectivity index is 2.58. The molecule has 0 amide bonds. The molecule has 1 rings (SSSR count). The Morgan fingerprint density at radius 1 is 1.14 bits per heavy atom. The predicted molar refractivity (Wildman–Crippen MR) is 49.7 cm³/mol. The van der Waals surface area contributed by atoms with E-state index in [0.717, 1.165) is 0 Å². The molecule has 2 N–H and O–H groups in total. The van der Waals surface area contributed by atoms with E-state index in [2.05, 4.69) is 0 Å². The Labute approximate surface area is 82.9 Å². The first-order valence-corrected chi connectivity index (χ1v) is 4.83. The molecule has 14 heavy (non-hydrogen) atoms. The smallest absolute Gasteiger partial charge is 0.320 e. The van der Waals surface area contributed by atoms with Gasteiger partial charge in [-0.05, 0) is 23.2 Å². The van der Waals surface area contributed by atoms with Crippen molar-refractivity contribution in [3.63, 3.8) is 0 Å². The molecule has 0 aromatic rings. The van der Waals surface area contributed by atoms with Gasteiger partial charge in [-0.3, -0.25) is 0 Å². The van der Waals surface area contributed by atoms with Crippen molar-refractivity contribution in [3.8, 4) is 0 Å².